The molecular formula is C17H21NO. The summed E-state index contributed by atoms with van der Waals surface area (Å²) in [6.45, 7) is 5.32. The van der Waals surface area contributed by atoms with Crippen molar-refractivity contribution in [1.29, 1.82) is 0 Å². The van der Waals surface area contributed by atoms with E-state index in [2.05, 4.69) is 60.8 Å². The van der Waals surface area contributed by atoms with E-state index in [0.717, 1.165) is 19.7 Å². The molecule has 0 saturated heterocycles. The fourth-order valence-corrected chi connectivity index (χ4v) is 1.93. The molecule has 2 aromatic carbocycles. The van der Waals surface area contributed by atoms with Crippen LogP contribution in [-0.2, 0) is 17.9 Å². The Morgan fingerprint density at radius 2 is 1.68 bits per heavy atom. The van der Waals surface area contributed by atoms with Gasteiger partial charge in [-0.3, -0.25) is 0 Å². The third-order valence-corrected chi connectivity index (χ3v) is 3.11. The summed E-state index contributed by atoms with van der Waals surface area (Å²) < 4.78 is 5.68. The first-order valence-corrected chi connectivity index (χ1v) is 6.73. The van der Waals surface area contributed by atoms with Crippen LogP contribution in [0.5, 0.6) is 0 Å². The molecular weight excluding hydrogens is 234 g/mol. The van der Waals surface area contributed by atoms with Crippen LogP contribution in [0.3, 0.4) is 0 Å². The fraction of sp³-hybridized carbons (Fsp3) is 0.294. The third-order valence-electron chi connectivity index (χ3n) is 3.11. The Kier molecular flexibility index (Phi) is 5.60. The van der Waals surface area contributed by atoms with Gasteiger partial charge in [-0.25, -0.2) is 0 Å². The van der Waals surface area contributed by atoms with E-state index < -0.39 is 0 Å². The highest BCUT2D eigenvalue weighted by molar-refractivity contribution is 5.24. The average molecular weight is 255 g/mol. The van der Waals surface area contributed by atoms with Gasteiger partial charge in [0.1, 0.15) is 0 Å². The zero-order valence-corrected chi connectivity index (χ0v) is 11.4. The topological polar surface area (TPSA) is 21.3 Å². The highest BCUT2D eigenvalue weighted by Crippen LogP contribution is 2.07. The summed E-state index contributed by atoms with van der Waals surface area (Å²) in [7, 11) is 0. The van der Waals surface area contributed by atoms with Gasteiger partial charge in [-0.05, 0) is 23.6 Å². The summed E-state index contributed by atoms with van der Waals surface area (Å²) in [5.74, 6) is 0. The minimum Gasteiger partial charge on any atom is -0.375 e. The van der Waals surface area contributed by atoms with Gasteiger partial charge in [0.05, 0.1) is 13.2 Å². The molecule has 0 bridgehead atoms. The molecule has 0 radical (unpaired) electrons. The van der Waals surface area contributed by atoms with Crippen LogP contribution in [0.2, 0.25) is 0 Å². The van der Waals surface area contributed by atoms with Crippen LogP contribution >= 0.6 is 0 Å². The molecule has 0 unspecified atom stereocenters. The number of ether oxygens (including phenoxy) is 1. The zero-order chi connectivity index (χ0) is 13.3. The van der Waals surface area contributed by atoms with Crippen molar-refractivity contribution in [3.63, 3.8) is 0 Å². The van der Waals surface area contributed by atoms with Gasteiger partial charge < -0.3 is 10.1 Å². The Labute approximate surface area is 115 Å². The van der Waals surface area contributed by atoms with Crippen molar-refractivity contribution in [3.05, 3.63) is 71.3 Å². The van der Waals surface area contributed by atoms with Crippen molar-refractivity contribution in [2.75, 3.05) is 13.2 Å². The van der Waals surface area contributed by atoms with E-state index in [0.29, 0.717) is 6.61 Å². The first kappa shape index (κ1) is 13.8. The summed E-state index contributed by atoms with van der Waals surface area (Å²) in [5, 5.41) is 3.38. The highest BCUT2D eigenvalue weighted by atomic mass is 16.5. The van der Waals surface area contributed by atoms with Crippen LogP contribution in [0.25, 0.3) is 0 Å². The van der Waals surface area contributed by atoms with E-state index in [1.54, 1.807) is 0 Å². The third kappa shape index (κ3) is 4.86. The first-order valence-electron chi connectivity index (χ1n) is 6.73. The molecule has 0 aliphatic heterocycles. The number of hydrogen-bond donors (Lipinski definition) is 1. The molecule has 0 fully saturated rings. The molecule has 0 spiro atoms. The van der Waals surface area contributed by atoms with Gasteiger partial charge in [-0.15, -0.1) is 0 Å². The molecule has 2 aromatic rings. The molecule has 0 aliphatic rings. The maximum absolute atomic E-state index is 5.68. The lowest BCUT2D eigenvalue weighted by atomic mass is 10.1. The van der Waals surface area contributed by atoms with Crippen molar-refractivity contribution in [2.45, 2.75) is 20.1 Å². The van der Waals surface area contributed by atoms with E-state index in [1.807, 2.05) is 6.07 Å². The summed E-state index contributed by atoms with van der Waals surface area (Å²) in [4.78, 5) is 0. The summed E-state index contributed by atoms with van der Waals surface area (Å²) in [6, 6.07) is 18.8. The quantitative estimate of drug-likeness (QED) is 0.766. The van der Waals surface area contributed by atoms with E-state index in [9.17, 15) is 0 Å². The number of rotatable bonds is 7. The monoisotopic (exact) mass is 255 g/mol. The predicted molar refractivity (Wildman–Crippen MR) is 79.0 cm³/mol. The van der Waals surface area contributed by atoms with Crippen LogP contribution < -0.4 is 5.32 Å². The molecule has 0 saturated carbocycles. The van der Waals surface area contributed by atoms with Crippen LogP contribution in [0.4, 0.5) is 0 Å². The molecule has 100 valence electrons. The van der Waals surface area contributed by atoms with Crippen LogP contribution in [0, 0.1) is 6.92 Å². The molecule has 2 nitrogen and oxygen atoms in total. The van der Waals surface area contributed by atoms with Crippen molar-refractivity contribution in [3.8, 4) is 0 Å². The van der Waals surface area contributed by atoms with Gasteiger partial charge in [-0.1, -0.05) is 54.6 Å². The Hall–Kier alpha value is -1.64. The molecule has 0 heterocycles. The molecule has 2 heteroatoms. The van der Waals surface area contributed by atoms with Crippen LogP contribution in [0.15, 0.2) is 54.6 Å². The van der Waals surface area contributed by atoms with Gasteiger partial charge in [0, 0.05) is 13.1 Å². The number of aryl methyl sites for hydroxylation is 1. The fourth-order valence-electron chi connectivity index (χ4n) is 1.93. The molecule has 0 atom stereocenters. The maximum atomic E-state index is 5.68. The average Bonchev–Trinajstić information content (AvgIpc) is 2.45. The second-order valence-corrected chi connectivity index (χ2v) is 4.64. The minimum atomic E-state index is 0.694. The van der Waals surface area contributed by atoms with E-state index in [-0.39, 0.29) is 0 Å². The lowest BCUT2D eigenvalue weighted by Crippen LogP contribution is -2.19. The van der Waals surface area contributed by atoms with Crippen molar-refractivity contribution in [1.82, 2.24) is 5.32 Å². The first-order chi connectivity index (χ1) is 9.36. The van der Waals surface area contributed by atoms with Gasteiger partial charge in [0.2, 0.25) is 0 Å². The Balaban J connectivity index is 1.59. The summed E-state index contributed by atoms with van der Waals surface area (Å²) >= 11 is 0. The maximum Gasteiger partial charge on any atom is 0.0720 e. The highest BCUT2D eigenvalue weighted by Gasteiger charge is 1.96. The normalized spacial score (nSPS) is 10.6. The van der Waals surface area contributed by atoms with E-state index in [1.165, 1.54) is 16.7 Å². The molecule has 0 aromatic heterocycles. The zero-order valence-electron chi connectivity index (χ0n) is 11.4. The van der Waals surface area contributed by atoms with Crippen molar-refractivity contribution >= 4 is 0 Å². The predicted octanol–water partition coefficient (Wildman–Crippen LogP) is 3.30. The number of benzene rings is 2. The van der Waals surface area contributed by atoms with Crippen molar-refractivity contribution in [2.24, 2.45) is 0 Å². The second kappa shape index (κ2) is 7.72. The smallest absolute Gasteiger partial charge is 0.0720 e. The molecule has 0 amide bonds. The molecule has 0 aliphatic carbocycles. The van der Waals surface area contributed by atoms with E-state index in [4.69, 9.17) is 4.74 Å². The molecule has 1 N–H and O–H groups in total. The van der Waals surface area contributed by atoms with E-state index >= 15 is 0 Å². The minimum absolute atomic E-state index is 0.694. The van der Waals surface area contributed by atoms with Crippen molar-refractivity contribution < 1.29 is 4.74 Å². The largest absolute Gasteiger partial charge is 0.375 e. The lowest BCUT2D eigenvalue weighted by molar-refractivity contribution is 0.122. The SMILES string of the molecule is Cc1ccccc1COCCNCc1ccccc1. The Morgan fingerprint density at radius 3 is 2.47 bits per heavy atom. The van der Waals surface area contributed by atoms with Gasteiger partial charge >= 0.3 is 0 Å². The summed E-state index contributed by atoms with van der Waals surface area (Å²) in [6.07, 6.45) is 0. The Morgan fingerprint density at radius 1 is 0.947 bits per heavy atom. The standard InChI is InChI=1S/C17H21NO/c1-15-7-5-6-10-17(15)14-19-12-11-18-13-16-8-3-2-4-9-16/h2-10,18H,11-14H2,1H3. The van der Waals surface area contributed by atoms with Crippen LogP contribution in [-0.4, -0.2) is 13.2 Å². The van der Waals surface area contributed by atoms with Gasteiger partial charge in [0.25, 0.3) is 0 Å². The summed E-state index contributed by atoms with van der Waals surface area (Å²) in [5.41, 5.74) is 3.87. The van der Waals surface area contributed by atoms with Crippen LogP contribution in [0.1, 0.15) is 16.7 Å². The lowest BCUT2D eigenvalue weighted by Gasteiger charge is -2.08. The molecule has 19 heavy (non-hydrogen) atoms. The second-order valence-electron chi connectivity index (χ2n) is 4.64. The Bertz CT molecular complexity index is 482. The molecule has 2 rings (SSSR count). The van der Waals surface area contributed by atoms with Gasteiger partial charge in [-0.2, -0.15) is 0 Å². The number of hydrogen-bond acceptors (Lipinski definition) is 2. The number of nitrogens with one attached hydrogen (secondary N) is 1. The van der Waals surface area contributed by atoms with Gasteiger partial charge in [0.15, 0.2) is 0 Å².